The molecular weight excluding hydrogens is 290 g/mol. The van der Waals surface area contributed by atoms with E-state index in [1.807, 2.05) is 18.7 Å². The third-order valence-electron chi connectivity index (χ3n) is 3.30. The summed E-state index contributed by atoms with van der Waals surface area (Å²) in [5, 5.41) is 8.00. The molecule has 0 saturated heterocycles. The van der Waals surface area contributed by atoms with Gasteiger partial charge in [0.1, 0.15) is 0 Å². The number of rotatable bonds is 7. The average Bonchev–Trinajstić information content (AvgIpc) is 2.53. The highest BCUT2D eigenvalue weighted by molar-refractivity contribution is 9.10. The molecule has 0 saturated carbocycles. The topological polar surface area (TPSA) is 29.9 Å². The Morgan fingerprint density at radius 3 is 2.56 bits per heavy atom. The van der Waals surface area contributed by atoms with Crippen LogP contribution in [0.1, 0.15) is 45.0 Å². The summed E-state index contributed by atoms with van der Waals surface area (Å²) < 4.78 is 3.17. The van der Waals surface area contributed by atoms with Crippen LogP contribution in [0.4, 0.5) is 0 Å². The van der Waals surface area contributed by atoms with Gasteiger partial charge in [0, 0.05) is 13.1 Å². The zero-order chi connectivity index (χ0) is 13.7. The summed E-state index contributed by atoms with van der Waals surface area (Å²) in [6.45, 7) is 9.96. The van der Waals surface area contributed by atoms with Crippen molar-refractivity contribution in [3.05, 3.63) is 15.9 Å². The van der Waals surface area contributed by atoms with Crippen molar-refractivity contribution in [2.24, 2.45) is 13.0 Å². The van der Waals surface area contributed by atoms with Crippen LogP contribution < -0.4 is 5.32 Å². The third-order valence-corrected chi connectivity index (χ3v) is 4.33. The molecule has 2 unspecified atom stereocenters. The maximum atomic E-state index is 4.45. The molecule has 1 heterocycles. The minimum absolute atomic E-state index is 0.591. The predicted molar refractivity (Wildman–Crippen MR) is 80.9 cm³/mol. The first-order valence-corrected chi connectivity index (χ1v) is 7.66. The summed E-state index contributed by atoms with van der Waals surface area (Å²) in [4.78, 5) is 0. The van der Waals surface area contributed by atoms with Gasteiger partial charge in [-0.25, -0.2) is 0 Å². The van der Waals surface area contributed by atoms with Gasteiger partial charge in [-0.3, -0.25) is 4.68 Å². The lowest BCUT2D eigenvalue weighted by molar-refractivity contribution is 0.413. The van der Waals surface area contributed by atoms with E-state index in [0.717, 1.165) is 18.7 Å². The van der Waals surface area contributed by atoms with Crippen molar-refractivity contribution in [1.82, 2.24) is 15.1 Å². The van der Waals surface area contributed by atoms with Crippen LogP contribution >= 0.6 is 15.9 Å². The van der Waals surface area contributed by atoms with Gasteiger partial charge in [-0.05, 0) is 61.5 Å². The molecule has 4 heteroatoms. The SMILES string of the molecule is CCCNC(C)CC(C)Cc1c(Br)c(C)nn1C. The van der Waals surface area contributed by atoms with Crippen molar-refractivity contribution < 1.29 is 0 Å². The largest absolute Gasteiger partial charge is 0.314 e. The highest BCUT2D eigenvalue weighted by Gasteiger charge is 2.15. The van der Waals surface area contributed by atoms with Crippen LogP contribution in [-0.4, -0.2) is 22.4 Å². The fourth-order valence-corrected chi connectivity index (χ4v) is 2.89. The Labute approximate surface area is 119 Å². The summed E-state index contributed by atoms with van der Waals surface area (Å²) in [7, 11) is 2.03. The summed E-state index contributed by atoms with van der Waals surface area (Å²) >= 11 is 3.64. The van der Waals surface area contributed by atoms with Gasteiger partial charge in [-0.15, -0.1) is 0 Å². The molecule has 0 aliphatic heterocycles. The van der Waals surface area contributed by atoms with Crippen molar-refractivity contribution >= 4 is 15.9 Å². The van der Waals surface area contributed by atoms with Gasteiger partial charge in [0.25, 0.3) is 0 Å². The maximum absolute atomic E-state index is 4.45. The molecule has 3 nitrogen and oxygen atoms in total. The lowest BCUT2D eigenvalue weighted by atomic mass is 9.97. The van der Waals surface area contributed by atoms with Gasteiger partial charge in [0.2, 0.25) is 0 Å². The molecule has 1 rings (SSSR count). The van der Waals surface area contributed by atoms with Crippen LogP contribution in [0.25, 0.3) is 0 Å². The molecule has 0 aliphatic rings. The van der Waals surface area contributed by atoms with E-state index in [-0.39, 0.29) is 0 Å². The molecule has 1 aromatic heterocycles. The molecule has 1 N–H and O–H groups in total. The number of nitrogens with one attached hydrogen (secondary N) is 1. The van der Waals surface area contributed by atoms with E-state index >= 15 is 0 Å². The Morgan fingerprint density at radius 2 is 2.06 bits per heavy atom. The summed E-state index contributed by atoms with van der Waals surface area (Å²) in [5.74, 6) is 0.662. The summed E-state index contributed by atoms with van der Waals surface area (Å²) in [5.41, 5.74) is 2.39. The number of aryl methyl sites for hydroxylation is 2. The van der Waals surface area contributed by atoms with Gasteiger partial charge in [-0.2, -0.15) is 5.10 Å². The van der Waals surface area contributed by atoms with Gasteiger partial charge >= 0.3 is 0 Å². The van der Waals surface area contributed by atoms with Crippen molar-refractivity contribution in [3.63, 3.8) is 0 Å². The van der Waals surface area contributed by atoms with Gasteiger partial charge in [0.15, 0.2) is 0 Å². The molecule has 18 heavy (non-hydrogen) atoms. The Balaban J connectivity index is 2.51. The molecule has 0 spiro atoms. The van der Waals surface area contributed by atoms with E-state index in [2.05, 4.69) is 47.1 Å². The number of hydrogen-bond acceptors (Lipinski definition) is 2. The lowest BCUT2D eigenvalue weighted by Gasteiger charge is -2.18. The monoisotopic (exact) mass is 315 g/mol. The fourth-order valence-electron chi connectivity index (χ4n) is 2.39. The van der Waals surface area contributed by atoms with Crippen molar-refractivity contribution in [3.8, 4) is 0 Å². The van der Waals surface area contributed by atoms with Crippen molar-refractivity contribution in [2.75, 3.05) is 6.54 Å². The fraction of sp³-hybridized carbons (Fsp3) is 0.786. The Hall–Kier alpha value is -0.350. The first-order chi connectivity index (χ1) is 8.45. The minimum atomic E-state index is 0.591. The average molecular weight is 316 g/mol. The summed E-state index contributed by atoms with van der Waals surface area (Å²) in [6, 6.07) is 0.591. The molecule has 0 amide bonds. The molecular formula is C14H26BrN3. The molecule has 2 atom stereocenters. The highest BCUT2D eigenvalue weighted by atomic mass is 79.9. The standard InChI is InChI=1S/C14H26BrN3/c1-6-7-16-11(3)8-10(2)9-13-14(15)12(4)17-18(13)5/h10-11,16H,6-9H2,1-5H3. The van der Waals surface area contributed by atoms with E-state index < -0.39 is 0 Å². The van der Waals surface area contributed by atoms with Crippen LogP contribution in [0.15, 0.2) is 4.47 Å². The van der Waals surface area contributed by atoms with Gasteiger partial charge in [0.05, 0.1) is 15.9 Å². The second-order valence-electron chi connectivity index (χ2n) is 5.37. The van der Waals surface area contributed by atoms with E-state index in [4.69, 9.17) is 0 Å². The van der Waals surface area contributed by atoms with E-state index in [1.165, 1.54) is 23.0 Å². The maximum Gasteiger partial charge on any atom is 0.0738 e. The minimum Gasteiger partial charge on any atom is -0.314 e. The Morgan fingerprint density at radius 1 is 1.39 bits per heavy atom. The van der Waals surface area contributed by atoms with Gasteiger partial charge in [-0.1, -0.05) is 13.8 Å². The van der Waals surface area contributed by atoms with Crippen LogP contribution in [0.5, 0.6) is 0 Å². The summed E-state index contributed by atoms with van der Waals surface area (Å²) in [6.07, 6.45) is 3.48. The second kappa shape index (κ2) is 7.29. The Kier molecular flexibility index (Phi) is 6.36. The van der Waals surface area contributed by atoms with E-state index in [1.54, 1.807) is 0 Å². The number of hydrogen-bond donors (Lipinski definition) is 1. The number of nitrogens with zero attached hydrogens (tertiary/aromatic N) is 2. The van der Waals surface area contributed by atoms with Crippen LogP contribution in [0, 0.1) is 12.8 Å². The highest BCUT2D eigenvalue weighted by Crippen LogP contribution is 2.24. The number of halogens is 1. The lowest BCUT2D eigenvalue weighted by Crippen LogP contribution is -2.29. The quantitative estimate of drug-likeness (QED) is 0.835. The van der Waals surface area contributed by atoms with Crippen molar-refractivity contribution in [1.29, 1.82) is 0 Å². The van der Waals surface area contributed by atoms with Crippen LogP contribution in [-0.2, 0) is 13.5 Å². The molecule has 104 valence electrons. The smallest absolute Gasteiger partial charge is 0.0738 e. The van der Waals surface area contributed by atoms with Crippen molar-refractivity contribution in [2.45, 2.75) is 53.0 Å². The molecule has 0 bridgehead atoms. The first kappa shape index (κ1) is 15.7. The number of aromatic nitrogens is 2. The molecule has 0 aromatic carbocycles. The zero-order valence-electron chi connectivity index (χ0n) is 12.3. The van der Waals surface area contributed by atoms with Crippen LogP contribution in [0.2, 0.25) is 0 Å². The molecule has 0 aliphatic carbocycles. The molecule has 0 fully saturated rings. The van der Waals surface area contributed by atoms with Gasteiger partial charge < -0.3 is 5.32 Å². The van der Waals surface area contributed by atoms with E-state index in [9.17, 15) is 0 Å². The normalized spacial score (nSPS) is 14.8. The third kappa shape index (κ3) is 4.39. The first-order valence-electron chi connectivity index (χ1n) is 6.87. The zero-order valence-corrected chi connectivity index (χ0v) is 13.8. The van der Waals surface area contributed by atoms with E-state index in [0.29, 0.717) is 12.0 Å². The van der Waals surface area contributed by atoms with Crippen LogP contribution in [0.3, 0.4) is 0 Å². The molecule has 0 radical (unpaired) electrons. The second-order valence-corrected chi connectivity index (χ2v) is 6.16. The predicted octanol–water partition coefficient (Wildman–Crippen LogP) is 3.45. The molecule has 1 aromatic rings. The Bertz CT molecular complexity index is 373.